The number of benzene rings is 1. The van der Waals surface area contributed by atoms with E-state index in [1.165, 1.54) is 6.42 Å². The molecule has 28 heavy (non-hydrogen) atoms. The summed E-state index contributed by atoms with van der Waals surface area (Å²) in [5.74, 6) is 1.53. The van der Waals surface area contributed by atoms with Crippen molar-refractivity contribution in [1.29, 1.82) is 0 Å². The zero-order valence-electron chi connectivity index (χ0n) is 16.2. The van der Waals surface area contributed by atoms with Gasteiger partial charge in [0.1, 0.15) is 5.82 Å². The number of hydrogen-bond donors (Lipinski definition) is 2. The smallest absolute Gasteiger partial charge is 0.251 e. The first-order valence-corrected chi connectivity index (χ1v) is 10.2. The Kier molecular flexibility index (Phi) is 5.41. The van der Waals surface area contributed by atoms with Gasteiger partial charge in [-0.05, 0) is 38.3 Å². The van der Waals surface area contributed by atoms with Crippen molar-refractivity contribution >= 4 is 11.8 Å². The van der Waals surface area contributed by atoms with E-state index in [0.717, 1.165) is 31.5 Å². The van der Waals surface area contributed by atoms with Gasteiger partial charge in [0, 0.05) is 24.1 Å². The Bertz CT molecular complexity index is 828. The van der Waals surface area contributed by atoms with E-state index in [-0.39, 0.29) is 29.8 Å². The predicted octanol–water partition coefficient (Wildman–Crippen LogP) is 2.77. The van der Waals surface area contributed by atoms with E-state index >= 15 is 0 Å². The van der Waals surface area contributed by atoms with E-state index in [1.54, 1.807) is 12.1 Å². The molecule has 7 heteroatoms. The number of nitrogens with one attached hydrogen (secondary N) is 2. The number of carbonyl (C=O) groups excluding carboxylic acids is 2. The van der Waals surface area contributed by atoms with Crippen LogP contribution in [0.2, 0.25) is 0 Å². The van der Waals surface area contributed by atoms with E-state index in [9.17, 15) is 9.59 Å². The molecule has 1 aromatic carbocycles. The molecular weight excluding hydrogens is 354 g/mol. The van der Waals surface area contributed by atoms with E-state index in [0.29, 0.717) is 24.4 Å². The van der Waals surface area contributed by atoms with Crippen LogP contribution in [0.15, 0.2) is 30.3 Å². The van der Waals surface area contributed by atoms with Gasteiger partial charge < -0.3 is 10.2 Å². The van der Waals surface area contributed by atoms with Gasteiger partial charge in [-0.15, -0.1) is 0 Å². The summed E-state index contributed by atoms with van der Waals surface area (Å²) in [4.78, 5) is 32.2. The molecule has 1 aromatic heterocycles. The highest BCUT2D eigenvalue weighted by molar-refractivity contribution is 5.94. The normalized spacial score (nSPS) is 23.0. The first kappa shape index (κ1) is 18.7. The molecule has 1 saturated heterocycles. The first-order valence-electron chi connectivity index (χ1n) is 10.2. The summed E-state index contributed by atoms with van der Waals surface area (Å²) in [7, 11) is 0. The van der Waals surface area contributed by atoms with Gasteiger partial charge in [0.25, 0.3) is 5.91 Å². The fourth-order valence-electron chi connectivity index (χ4n) is 4.38. The Morgan fingerprint density at radius 3 is 2.57 bits per heavy atom. The second-order valence-electron chi connectivity index (χ2n) is 7.89. The number of nitrogens with zero attached hydrogens (tertiary/aromatic N) is 3. The van der Waals surface area contributed by atoms with Gasteiger partial charge in [-0.1, -0.05) is 37.5 Å². The van der Waals surface area contributed by atoms with Crippen LogP contribution in [0.5, 0.6) is 0 Å². The van der Waals surface area contributed by atoms with Crippen molar-refractivity contribution < 1.29 is 9.59 Å². The maximum atomic E-state index is 13.2. The Balaban J connectivity index is 1.51. The van der Waals surface area contributed by atoms with Crippen molar-refractivity contribution in [2.45, 2.75) is 57.5 Å². The molecule has 2 atom stereocenters. The lowest BCUT2D eigenvalue weighted by molar-refractivity contribution is -0.137. The molecule has 0 radical (unpaired) electrons. The molecule has 2 fully saturated rings. The van der Waals surface area contributed by atoms with Gasteiger partial charge in [-0.3, -0.25) is 14.7 Å². The van der Waals surface area contributed by atoms with Gasteiger partial charge in [-0.2, -0.15) is 5.10 Å². The molecule has 0 bridgehead atoms. The quantitative estimate of drug-likeness (QED) is 0.852. The maximum Gasteiger partial charge on any atom is 0.251 e. The summed E-state index contributed by atoms with van der Waals surface area (Å²) in [6, 6.07) is 8.88. The molecule has 2 heterocycles. The largest absolute Gasteiger partial charge is 0.347 e. The molecule has 2 amide bonds. The number of hydrogen-bond acceptors (Lipinski definition) is 4. The molecule has 2 aliphatic rings. The van der Waals surface area contributed by atoms with Crippen LogP contribution >= 0.6 is 0 Å². The number of aryl methyl sites for hydroxylation is 1. The predicted molar refractivity (Wildman–Crippen MR) is 104 cm³/mol. The molecule has 7 nitrogen and oxygen atoms in total. The second kappa shape index (κ2) is 8.12. The number of H-pyrrole nitrogens is 1. The molecule has 0 spiro atoms. The molecule has 1 aliphatic heterocycles. The lowest BCUT2D eigenvalue weighted by Crippen LogP contribution is -2.41. The van der Waals surface area contributed by atoms with Crippen LogP contribution < -0.4 is 5.32 Å². The third-order valence-electron chi connectivity index (χ3n) is 5.82. The van der Waals surface area contributed by atoms with E-state index in [4.69, 9.17) is 0 Å². The van der Waals surface area contributed by atoms with Gasteiger partial charge >= 0.3 is 0 Å². The van der Waals surface area contributed by atoms with Gasteiger partial charge in [0.15, 0.2) is 5.82 Å². The zero-order chi connectivity index (χ0) is 19.5. The fraction of sp³-hybridized carbons (Fsp3) is 0.524. The minimum Gasteiger partial charge on any atom is -0.347 e. The van der Waals surface area contributed by atoms with Crippen LogP contribution in [0.4, 0.5) is 0 Å². The Morgan fingerprint density at radius 1 is 1.14 bits per heavy atom. The number of aromatic nitrogens is 3. The van der Waals surface area contributed by atoms with Gasteiger partial charge in [-0.25, -0.2) is 4.98 Å². The minimum atomic E-state index is -0.194. The Morgan fingerprint density at radius 2 is 1.89 bits per heavy atom. The Labute approximate surface area is 164 Å². The molecule has 2 N–H and O–H groups in total. The van der Waals surface area contributed by atoms with Crippen molar-refractivity contribution in [3.8, 4) is 0 Å². The number of aromatic amines is 1. The van der Waals surface area contributed by atoms with Gasteiger partial charge in [0.05, 0.1) is 6.04 Å². The summed E-state index contributed by atoms with van der Waals surface area (Å²) in [6.45, 7) is 2.36. The van der Waals surface area contributed by atoms with Crippen molar-refractivity contribution in [3.05, 3.63) is 47.5 Å². The maximum absolute atomic E-state index is 13.2. The monoisotopic (exact) mass is 381 g/mol. The molecule has 148 valence electrons. The average Bonchev–Trinajstić information content (AvgIpc) is 3.35. The van der Waals surface area contributed by atoms with Crippen molar-refractivity contribution in [2.24, 2.45) is 5.92 Å². The van der Waals surface area contributed by atoms with E-state index < -0.39 is 0 Å². The average molecular weight is 381 g/mol. The molecule has 4 rings (SSSR count). The number of carbonyl (C=O) groups is 2. The summed E-state index contributed by atoms with van der Waals surface area (Å²) in [5, 5.41) is 10.3. The highest BCUT2D eigenvalue weighted by Crippen LogP contribution is 2.34. The summed E-state index contributed by atoms with van der Waals surface area (Å²) < 4.78 is 0. The number of rotatable bonds is 4. The van der Waals surface area contributed by atoms with Crippen LogP contribution in [0, 0.1) is 12.8 Å². The van der Waals surface area contributed by atoms with Crippen LogP contribution in [-0.4, -0.2) is 44.5 Å². The third-order valence-corrected chi connectivity index (χ3v) is 5.82. The Hall–Kier alpha value is -2.70. The molecule has 1 saturated carbocycles. The van der Waals surface area contributed by atoms with Crippen LogP contribution in [0.3, 0.4) is 0 Å². The number of likely N-dealkylation sites (tertiary alicyclic amines) is 1. The van der Waals surface area contributed by atoms with Crippen molar-refractivity contribution in [1.82, 2.24) is 25.4 Å². The van der Waals surface area contributed by atoms with Crippen molar-refractivity contribution in [2.75, 3.05) is 6.54 Å². The highest BCUT2D eigenvalue weighted by atomic mass is 16.2. The van der Waals surface area contributed by atoms with Crippen LogP contribution in [0.25, 0.3) is 0 Å². The third kappa shape index (κ3) is 3.93. The van der Waals surface area contributed by atoms with Crippen LogP contribution in [-0.2, 0) is 4.79 Å². The topological polar surface area (TPSA) is 91.0 Å². The standard InChI is InChI=1S/C21H27N5O2/c1-14-22-19(25-24-14)18-12-17(23-20(27)15-8-4-2-5-9-15)13-26(18)21(28)16-10-6-3-7-11-16/h2,4-5,8-9,16-18H,3,6-7,10-13H2,1H3,(H,23,27)(H,22,24,25)/t17-,18-/m0/s1. The molecule has 0 unspecified atom stereocenters. The minimum absolute atomic E-state index is 0.0832. The lowest BCUT2D eigenvalue weighted by atomic mass is 9.88. The first-order chi connectivity index (χ1) is 13.6. The summed E-state index contributed by atoms with van der Waals surface area (Å²) in [6.07, 6.45) is 5.98. The van der Waals surface area contributed by atoms with E-state index in [2.05, 4.69) is 20.5 Å². The summed E-state index contributed by atoms with van der Waals surface area (Å²) >= 11 is 0. The molecule has 2 aromatic rings. The molecular formula is C21H27N5O2. The zero-order valence-corrected chi connectivity index (χ0v) is 16.2. The van der Waals surface area contributed by atoms with Gasteiger partial charge in [0.2, 0.25) is 5.91 Å². The second-order valence-corrected chi connectivity index (χ2v) is 7.89. The summed E-state index contributed by atoms with van der Waals surface area (Å²) in [5.41, 5.74) is 0.629. The highest BCUT2D eigenvalue weighted by Gasteiger charge is 2.41. The lowest BCUT2D eigenvalue weighted by Gasteiger charge is -2.29. The SMILES string of the molecule is Cc1nc([C@@H]2C[C@H](NC(=O)c3ccccc3)CN2C(=O)C2CCCCC2)n[nH]1. The van der Waals surface area contributed by atoms with E-state index in [1.807, 2.05) is 30.0 Å². The number of amides is 2. The molecule has 1 aliphatic carbocycles. The fourth-order valence-corrected chi connectivity index (χ4v) is 4.38. The van der Waals surface area contributed by atoms with Crippen molar-refractivity contribution in [3.63, 3.8) is 0 Å². The van der Waals surface area contributed by atoms with Crippen LogP contribution in [0.1, 0.15) is 66.6 Å².